The number of nitrogens with zero attached hydrogens (tertiary/aromatic N) is 6. The molecule has 5 fully saturated rings. The fourth-order valence-corrected chi connectivity index (χ4v) is 9.85. The smallest absolute Gasteiger partial charge is 0.399 e. The maximum absolute atomic E-state index is 12.7. The summed E-state index contributed by atoms with van der Waals surface area (Å²) in [7, 11) is 1.11. The predicted octanol–water partition coefficient (Wildman–Crippen LogP) is 6.91. The number of carbonyl (C=O) groups excluding carboxylic acids is 2. The van der Waals surface area contributed by atoms with Gasteiger partial charge in [-0.05, 0) is 148 Å². The van der Waals surface area contributed by atoms with Gasteiger partial charge in [-0.15, -0.1) is 13.2 Å². The van der Waals surface area contributed by atoms with E-state index in [0.717, 1.165) is 100 Å². The zero-order valence-corrected chi connectivity index (χ0v) is 48.2. The number of rotatable bonds is 14. The Morgan fingerprint density at radius 3 is 1.72 bits per heavy atom. The number of halogens is 4. The molecule has 4 aromatic rings. The molecule has 0 aliphatic carbocycles. The van der Waals surface area contributed by atoms with Gasteiger partial charge in [-0.25, -0.2) is 19.6 Å². The highest BCUT2D eigenvalue weighted by Gasteiger charge is 2.52. The molecule has 5 aliphatic heterocycles. The van der Waals surface area contributed by atoms with Crippen LogP contribution in [0.2, 0.25) is 0 Å². The van der Waals surface area contributed by atoms with E-state index in [4.69, 9.17) is 33.6 Å². The van der Waals surface area contributed by atoms with E-state index in [2.05, 4.69) is 82.4 Å². The molecular weight excluding hydrogens is 1140 g/mol. The van der Waals surface area contributed by atoms with Crippen LogP contribution in [0.4, 0.5) is 57.4 Å². The van der Waals surface area contributed by atoms with Crippen molar-refractivity contribution in [2.24, 2.45) is 0 Å². The lowest BCUT2D eigenvalue weighted by Gasteiger charge is -2.32. The lowest BCUT2D eigenvalue weighted by Crippen LogP contribution is -2.41. The summed E-state index contributed by atoms with van der Waals surface area (Å²) in [4.78, 5) is 42.0. The molecule has 2 aromatic heterocycles. The Bertz CT molecular complexity index is 2650. The Morgan fingerprint density at radius 2 is 1.20 bits per heavy atom. The number of ether oxygens (including phenoxy) is 4. The quantitative estimate of drug-likeness (QED) is 0.0558. The van der Waals surface area contributed by atoms with Gasteiger partial charge in [-0.2, -0.15) is 0 Å². The van der Waals surface area contributed by atoms with Crippen LogP contribution in [0.1, 0.15) is 51.7 Å². The number of pyridine rings is 2. The van der Waals surface area contributed by atoms with Crippen LogP contribution in [0.5, 0.6) is 0 Å². The number of aliphatic hydroxyl groups is 2. The maximum Gasteiger partial charge on any atom is 0.522 e. The first-order valence-corrected chi connectivity index (χ1v) is 27.7. The minimum Gasteiger partial charge on any atom is -0.399 e. The minimum absolute atomic E-state index is 0.0275. The van der Waals surface area contributed by atoms with Crippen molar-refractivity contribution in [2.75, 3.05) is 143 Å². The minimum atomic E-state index is -4.70. The summed E-state index contributed by atoms with van der Waals surface area (Å²) in [6.45, 7) is 20.5. The fraction of sp³-hybridized carbons (Fsp3) is 0.556. The third kappa shape index (κ3) is 17.4. The summed E-state index contributed by atoms with van der Waals surface area (Å²) in [6, 6.07) is 18.8. The fourth-order valence-electron chi connectivity index (χ4n) is 9.27. The number of amides is 4. The van der Waals surface area contributed by atoms with Crippen LogP contribution in [0.15, 0.2) is 60.7 Å². The monoisotopic (exact) mass is 1220 g/mol. The third-order valence-electron chi connectivity index (χ3n) is 14.4. The molecule has 5 saturated heterocycles. The molecule has 0 unspecified atom stereocenters. The molecule has 7 heterocycles. The van der Waals surface area contributed by atoms with E-state index in [1.807, 2.05) is 71.0 Å². The lowest BCUT2D eigenvalue weighted by molar-refractivity contribution is -0.340. The van der Waals surface area contributed by atoms with E-state index >= 15 is 0 Å². The molecule has 0 bridgehead atoms. The number of likely N-dealkylation sites (tertiary alicyclic amines) is 2. The number of alkyl halides is 3. The largest absolute Gasteiger partial charge is 0.522 e. The lowest BCUT2D eigenvalue weighted by atomic mass is 9.76. The van der Waals surface area contributed by atoms with E-state index < -0.39 is 36.8 Å². The Kier molecular flexibility index (Phi) is 21.7. The summed E-state index contributed by atoms with van der Waals surface area (Å²) < 4.78 is 70.6. The molecule has 2 aromatic carbocycles. The number of benzene rings is 2. The van der Waals surface area contributed by atoms with Gasteiger partial charge in [0.05, 0.1) is 63.1 Å². The molecule has 4 amide bonds. The van der Waals surface area contributed by atoms with Gasteiger partial charge >= 0.3 is 25.5 Å². The molecule has 432 valence electrons. The number of methoxy groups -OCH3 is 1. The molecule has 20 nitrogen and oxygen atoms in total. The van der Waals surface area contributed by atoms with Crippen molar-refractivity contribution >= 4 is 81.9 Å². The topological polar surface area (TPSA) is 217 Å². The number of morpholine rings is 2. The second kappa shape index (κ2) is 27.9. The van der Waals surface area contributed by atoms with E-state index in [1.54, 1.807) is 24.1 Å². The molecular formula is C54H75BF3IN10O10. The summed E-state index contributed by atoms with van der Waals surface area (Å²) >= 11 is 2.28. The van der Waals surface area contributed by atoms with Gasteiger partial charge in [0.15, 0.2) is 0 Å². The van der Waals surface area contributed by atoms with Crippen LogP contribution in [0.25, 0.3) is 11.1 Å². The molecule has 6 N–H and O–H groups in total. The number of aryl methyl sites for hydroxylation is 2. The van der Waals surface area contributed by atoms with Crippen LogP contribution in [-0.2, 0) is 28.3 Å². The number of nitrogens with one attached hydrogen (secondary N) is 4. The van der Waals surface area contributed by atoms with Crippen LogP contribution in [0, 0.1) is 17.4 Å². The molecule has 9 rings (SSSR count). The summed E-state index contributed by atoms with van der Waals surface area (Å²) in [5.41, 5.74) is 5.14. The number of aromatic nitrogens is 2. The van der Waals surface area contributed by atoms with Crippen molar-refractivity contribution in [1.82, 2.24) is 19.8 Å². The van der Waals surface area contributed by atoms with E-state index in [1.165, 1.54) is 4.90 Å². The average molecular weight is 1220 g/mol. The predicted molar refractivity (Wildman–Crippen MR) is 308 cm³/mol. The van der Waals surface area contributed by atoms with Crippen molar-refractivity contribution in [1.29, 1.82) is 0 Å². The standard InChI is InChI=1S/C24H33N5O4.C19H26BF3N2O4.C11H16IN3O2/c1-17-3-4-19(26-24(31)29-7-5-20(16-29)32-2)15-21(17)18-13-22(25-6-10-30)27-23(14-18)28-8-11-33-12-9-28;1-12-6-7-13(10-15(12)20-28-17(2,3)18(4,5)29-20)24-16(26)25-9-8-14(11-25)27-19(21,22)23;12-9-7-10(13-1-4-16)14-11(8-9)15-2-5-17-6-3-15/h3-4,13-15,20,30H,5-12,16H2,1-2H3,(H,25,27)(H,26,31);6-7,10,14H,8-9,11H2,1-5H3,(H,24,26);7-8,16H,1-6H2,(H,13,14)/t20-;14-;/m11./s1. The number of aliphatic hydroxyl groups excluding tert-OH is 2. The van der Waals surface area contributed by atoms with Gasteiger partial charge < -0.3 is 74.6 Å². The highest BCUT2D eigenvalue weighted by molar-refractivity contribution is 14.1. The summed E-state index contributed by atoms with van der Waals surface area (Å²) in [5.74, 6) is 3.36. The first-order chi connectivity index (χ1) is 37.6. The molecule has 2 atom stereocenters. The van der Waals surface area contributed by atoms with Crippen LogP contribution >= 0.6 is 22.6 Å². The molecule has 0 saturated carbocycles. The zero-order chi connectivity index (χ0) is 56.9. The maximum atomic E-state index is 12.7. The highest BCUT2D eigenvalue weighted by atomic mass is 127. The van der Waals surface area contributed by atoms with Crippen molar-refractivity contribution in [3.8, 4) is 11.1 Å². The van der Waals surface area contributed by atoms with Crippen molar-refractivity contribution in [3.05, 3.63) is 75.4 Å². The Labute approximate surface area is 474 Å². The second-order valence-electron chi connectivity index (χ2n) is 20.7. The molecule has 5 aliphatic rings. The SMILES string of the molecule is CO[C@@H]1CCN(C(=O)Nc2ccc(C)c(-c3cc(NCCO)nc(N4CCOCC4)c3)c2)C1.Cc1ccc(NC(=O)N2CC[C@@H](OC(F)(F)F)C2)cc1B1OC(C)(C)C(C)(C)O1.OCCNc1cc(I)cc(N2CCOCC2)n1. The van der Waals surface area contributed by atoms with E-state index in [0.29, 0.717) is 50.9 Å². The Balaban J connectivity index is 0.000000180. The Morgan fingerprint density at radius 1 is 0.709 bits per heavy atom. The highest BCUT2D eigenvalue weighted by Crippen LogP contribution is 2.37. The van der Waals surface area contributed by atoms with Gasteiger partial charge in [0.1, 0.15) is 23.3 Å². The summed E-state index contributed by atoms with van der Waals surface area (Å²) in [5, 5.41) is 30.1. The van der Waals surface area contributed by atoms with Gasteiger partial charge in [-0.1, -0.05) is 17.7 Å². The zero-order valence-electron chi connectivity index (χ0n) is 46.1. The number of hydrogen-bond donors (Lipinski definition) is 6. The van der Waals surface area contributed by atoms with Gasteiger partial charge in [0.2, 0.25) is 0 Å². The average Bonchev–Trinajstić information content (AvgIpc) is 4.22. The second-order valence-corrected chi connectivity index (χ2v) is 21.9. The number of anilines is 6. The van der Waals surface area contributed by atoms with Gasteiger partial charge in [0.25, 0.3) is 0 Å². The third-order valence-corrected chi connectivity index (χ3v) is 15.1. The Hall–Kier alpha value is -5.26. The molecule has 0 radical (unpaired) electrons. The van der Waals surface area contributed by atoms with E-state index in [9.17, 15) is 27.9 Å². The number of carbonyl (C=O) groups is 2. The van der Waals surface area contributed by atoms with Gasteiger partial charge in [-0.3, -0.25) is 4.74 Å². The molecule has 79 heavy (non-hydrogen) atoms. The van der Waals surface area contributed by atoms with Crippen LogP contribution in [0.3, 0.4) is 0 Å². The normalized spacial score (nSPS) is 19.8. The first-order valence-electron chi connectivity index (χ1n) is 26.6. The number of urea groups is 2. The van der Waals surface area contributed by atoms with Crippen LogP contribution in [-0.4, -0.2) is 191 Å². The van der Waals surface area contributed by atoms with Crippen molar-refractivity contribution in [3.63, 3.8) is 0 Å². The van der Waals surface area contributed by atoms with Crippen LogP contribution < -0.4 is 36.5 Å². The van der Waals surface area contributed by atoms with Crippen molar-refractivity contribution in [2.45, 2.75) is 84.2 Å². The number of hydrogen-bond acceptors (Lipinski definition) is 16. The first kappa shape index (κ1) is 61.4. The summed E-state index contributed by atoms with van der Waals surface area (Å²) in [6.07, 6.45) is -4.65. The molecule has 0 spiro atoms. The molecule has 25 heteroatoms. The van der Waals surface area contributed by atoms with Crippen molar-refractivity contribution < 1.29 is 61.2 Å². The van der Waals surface area contributed by atoms with Gasteiger partial charge in [0, 0.05) is 87.5 Å². The van der Waals surface area contributed by atoms with E-state index in [-0.39, 0.29) is 44.9 Å².